The summed E-state index contributed by atoms with van der Waals surface area (Å²) in [5, 5.41) is 9.06. The predicted octanol–water partition coefficient (Wildman–Crippen LogP) is 0.572. The molecule has 80 valence electrons. The molecule has 1 aliphatic heterocycles. The van der Waals surface area contributed by atoms with Crippen LogP contribution in [0.5, 0.6) is 0 Å². The zero-order valence-corrected chi connectivity index (χ0v) is 8.32. The summed E-state index contributed by atoms with van der Waals surface area (Å²) >= 11 is 0. The summed E-state index contributed by atoms with van der Waals surface area (Å²) in [4.78, 5) is 13.3. The molecule has 1 saturated heterocycles. The first-order valence-corrected chi connectivity index (χ1v) is 5.33. The van der Waals surface area contributed by atoms with E-state index in [1.54, 1.807) is 0 Å². The van der Waals surface area contributed by atoms with Crippen molar-refractivity contribution in [2.45, 2.75) is 25.3 Å². The molecule has 2 unspecified atom stereocenters. The number of morpholine rings is 1. The van der Waals surface area contributed by atoms with Crippen molar-refractivity contribution in [1.29, 1.82) is 0 Å². The average molecular weight is 199 g/mol. The second-order valence-electron chi connectivity index (χ2n) is 4.09. The van der Waals surface area contributed by atoms with Gasteiger partial charge >= 0.3 is 5.97 Å². The van der Waals surface area contributed by atoms with Gasteiger partial charge < -0.3 is 9.84 Å². The Balaban J connectivity index is 1.97. The highest BCUT2D eigenvalue weighted by Crippen LogP contribution is 2.30. The molecular formula is C10H17NO3. The van der Waals surface area contributed by atoms with Gasteiger partial charge in [-0.25, -0.2) is 0 Å². The van der Waals surface area contributed by atoms with Crippen LogP contribution >= 0.6 is 0 Å². The van der Waals surface area contributed by atoms with Gasteiger partial charge in [-0.1, -0.05) is 6.42 Å². The molecule has 1 heterocycles. The molecule has 0 amide bonds. The van der Waals surface area contributed by atoms with Crippen LogP contribution in [0.3, 0.4) is 0 Å². The lowest BCUT2D eigenvalue weighted by atomic mass is 10.0. The molecule has 2 atom stereocenters. The number of aliphatic carboxylic acids is 1. The molecule has 1 N–H and O–H groups in total. The maximum atomic E-state index is 11.0. The molecule has 1 saturated carbocycles. The molecule has 2 fully saturated rings. The van der Waals surface area contributed by atoms with Crippen LogP contribution in [0.4, 0.5) is 0 Å². The Morgan fingerprint density at radius 1 is 1.29 bits per heavy atom. The number of carboxylic acid groups (broad SMARTS) is 1. The van der Waals surface area contributed by atoms with E-state index < -0.39 is 5.97 Å². The lowest BCUT2D eigenvalue weighted by Gasteiger charge is -2.34. The van der Waals surface area contributed by atoms with Crippen molar-refractivity contribution in [3.05, 3.63) is 0 Å². The predicted molar refractivity (Wildman–Crippen MR) is 51.2 cm³/mol. The van der Waals surface area contributed by atoms with Crippen LogP contribution in [0.2, 0.25) is 0 Å². The van der Waals surface area contributed by atoms with Crippen LogP contribution in [0.15, 0.2) is 0 Å². The van der Waals surface area contributed by atoms with Gasteiger partial charge in [0.15, 0.2) is 0 Å². The van der Waals surface area contributed by atoms with Gasteiger partial charge in [-0.05, 0) is 12.8 Å². The van der Waals surface area contributed by atoms with Gasteiger partial charge in [-0.3, -0.25) is 9.69 Å². The van der Waals surface area contributed by atoms with Crippen molar-refractivity contribution >= 4 is 5.97 Å². The third kappa shape index (κ3) is 1.91. The van der Waals surface area contributed by atoms with Crippen LogP contribution in [0, 0.1) is 5.92 Å². The summed E-state index contributed by atoms with van der Waals surface area (Å²) in [6.45, 7) is 3.30. The van der Waals surface area contributed by atoms with Crippen LogP contribution in [0.1, 0.15) is 19.3 Å². The fourth-order valence-corrected chi connectivity index (χ4v) is 2.57. The van der Waals surface area contributed by atoms with E-state index in [4.69, 9.17) is 9.84 Å². The van der Waals surface area contributed by atoms with Crippen molar-refractivity contribution in [2.24, 2.45) is 5.92 Å². The van der Waals surface area contributed by atoms with Gasteiger partial charge in [-0.2, -0.15) is 0 Å². The van der Waals surface area contributed by atoms with Gasteiger partial charge in [0.05, 0.1) is 19.1 Å². The van der Waals surface area contributed by atoms with Crippen LogP contribution in [-0.2, 0) is 9.53 Å². The molecule has 1 aliphatic carbocycles. The highest BCUT2D eigenvalue weighted by Gasteiger charge is 2.37. The number of carbonyl (C=O) groups is 1. The number of hydrogen-bond acceptors (Lipinski definition) is 3. The van der Waals surface area contributed by atoms with Crippen molar-refractivity contribution < 1.29 is 14.6 Å². The Morgan fingerprint density at radius 2 is 2.00 bits per heavy atom. The largest absolute Gasteiger partial charge is 0.481 e. The first kappa shape index (κ1) is 9.93. The Bertz CT molecular complexity index is 213. The third-order valence-corrected chi connectivity index (χ3v) is 3.31. The maximum absolute atomic E-state index is 11.0. The number of nitrogens with zero attached hydrogens (tertiary/aromatic N) is 1. The van der Waals surface area contributed by atoms with E-state index in [1.807, 2.05) is 0 Å². The number of ether oxygens (including phenoxy) is 1. The van der Waals surface area contributed by atoms with Gasteiger partial charge in [0.1, 0.15) is 0 Å². The second kappa shape index (κ2) is 4.28. The minimum absolute atomic E-state index is 0.145. The Morgan fingerprint density at radius 3 is 2.64 bits per heavy atom. The number of carboxylic acids is 1. The second-order valence-corrected chi connectivity index (χ2v) is 4.09. The van der Waals surface area contributed by atoms with E-state index in [-0.39, 0.29) is 12.0 Å². The summed E-state index contributed by atoms with van der Waals surface area (Å²) in [6.07, 6.45) is 2.94. The topological polar surface area (TPSA) is 49.8 Å². The molecule has 14 heavy (non-hydrogen) atoms. The Hall–Kier alpha value is -0.610. The minimum Gasteiger partial charge on any atom is -0.481 e. The summed E-state index contributed by atoms with van der Waals surface area (Å²) < 4.78 is 5.27. The Labute approximate surface area is 83.8 Å². The molecule has 0 radical (unpaired) electrons. The molecule has 0 aromatic rings. The summed E-state index contributed by atoms with van der Waals surface area (Å²) in [5.41, 5.74) is 0. The van der Waals surface area contributed by atoms with Gasteiger partial charge in [-0.15, -0.1) is 0 Å². The molecule has 0 bridgehead atoms. The SMILES string of the molecule is O=C(O)C1CCCC1N1CCOCC1. The van der Waals surface area contributed by atoms with Crippen molar-refractivity contribution in [3.63, 3.8) is 0 Å². The maximum Gasteiger partial charge on any atom is 0.308 e. The van der Waals surface area contributed by atoms with Crippen molar-refractivity contribution in [3.8, 4) is 0 Å². The minimum atomic E-state index is -0.626. The summed E-state index contributed by atoms with van der Waals surface area (Å²) in [6, 6.07) is 0.261. The lowest BCUT2D eigenvalue weighted by Crippen LogP contribution is -2.46. The highest BCUT2D eigenvalue weighted by atomic mass is 16.5. The number of rotatable bonds is 2. The van der Waals surface area contributed by atoms with E-state index in [2.05, 4.69) is 4.90 Å². The van der Waals surface area contributed by atoms with Crippen LogP contribution in [-0.4, -0.2) is 48.3 Å². The monoisotopic (exact) mass is 199 g/mol. The van der Waals surface area contributed by atoms with E-state index in [0.717, 1.165) is 45.6 Å². The van der Waals surface area contributed by atoms with E-state index >= 15 is 0 Å². The molecule has 4 heteroatoms. The van der Waals surface area contributed by atoms with Gasteiger partial charge in [0.2, 0.25) is 0 Å². The molecule has 0 aromatic heterocycles. The van der Waals surface area contributed by atoms with Crippen molar-refractivity contribution in [2.75, 3.05) is 26.3 Å². The Kier molecular flexibility index (Phi) is 3.03. The first-order valence-electron chi connectivity index (χ1n) is 5.33. The lowest BCUT2D eigenvalue weighted by molar-refractivity contribution is -0.144. The molecule has 2 rings (SSSR count). The van der Waals surface area contributed by atoms with Gasteiger partial charge in [0.25, 0.3) is 0 Å². The standard InChI is InChI=1S/C10H17NO3/c12-10(13)8-2-1-3-9(8)11-4-6-14-7-5-11/h8-9H,1-7H2,(H,12,13). The molecule has 4 nitrogen and oxygen atoms in total. The van der Waals surface area contributed by atoms with E-state index in [1.165, 1.54) is 0 Å². The molecule has 2 aliphatic rings. The quantitative estimate of drug-likeness (QED) is 0.706. The summed E-state index contributed by atoms with van der Waals surface area (Å²) in [7, 11) is 0. The zero-order chi connectivity index (χ0) is 9.97. The number of hydrogen-bond donors (Lipinski definition) is 1. The zero-order valence-electron chi connectivity index (χ0n) is 8.32. The van der Waals surface area contributed by atoms with Crippen LogP contribution in [0.25, 0.3) is 0 Å². The van der Waals surface area contributed by atoms with Gasteiger partial charge in [0, 0.05) is 19.1 Å². The fraction of sp³-hybridized carbons (Fsp3) is 0.900. The van der Waals surface area contributed by atoms with Crippen molar-refractivity contribution in [1.82, 2.24) is 4.90 Å². The smallest absolute Gasteiger partial charge is 0.308 e. The highest BCUT2D eigenvalue weighted by molar-refractivity contribution is 5.71. The van der Waals surface area contributed by atoms with E-state index in [9.17, 15) is 4.79 Å². The summed E-state index contributed by atoms with van der Waals surface area (Å²) in [5.74, 6) is -0.771. The molecular weight excluding hydrogens is 182 g/mol. The van der Waals surface area contributed by atoms with E-state index in [0.29, 0.717) is 0 Å². The normalized spacial score (nSPS) is 34.6. The molecule has 0 aromatic carbocycles. The fourth-order valence-electron chi connectivity index (χ4n) is 2.57. The third-order valence-electron chi connectivity index (χ3n) is 3.31. The first-order chi connectivity index (χ1) is 6.79. The molecule has 0 spiro atoms. The van der Waals surface area contributed by atoms with Crippen LogP contribution < -0.4 is 0 Å². The average Bonchev–Trinajstić information content (AvgIpc) is 2.67.